The Bertz CT molecular complexity index is 608. The smallest absolute Gasteiger partial charge is 0.222 e. The first-order valence-electron chi connectivity index (χ1n) is 8.04. The molecule has 2 aliphatic heterocycles. The van der Waals surface area contributed by atoms with Crippen LogP contribution in [-0.2, 0) is 4.79 Å². The summed E-state index contributed by atoms with van der Waals surface area (Å²) in [7, 11) is 0. The van der Waals surface area contributed by atoms with Gasteiger partial charge in [-0.05, 0) is 12.1 Å². The van der Waals surface area contributed by atoms with Gasteiger partial charge in [-0.15, -0.1) is 12.3 Å². The Labute approximate surface area is 136 Å². The average Bonchev–Trinajstić information content (AvgIpc) is 3.39. The van der Waals surface area contributed by atoms with Crippen molar-refractivity contribution in [3.8, 4) is 12.3 Å². The highest BCUT2D eigenvalue weighted by Gasteiger charge is 2.39. The van der Waals surface area contributed by atoms with E-state index in [2.05, 4.69) is 26.0 Å². The first-order chi connectivity index (χ1) is 11.2. The van der Waals surface area contributed by atoms with Crippen molar-refractivity contribution in [1.29, 1.82) is 0 Å². The number of hydrogen-bond acceptors (Lipinski definition) is 5. The van der Waals surface area contributed by atoms with Crippen molar-refractivity contribution in [3.63, 3.8) is 0 Å². The molecule has 2 aliphatic rings. The quantitative estimate of drug-likeness (QED) is 0.756. The van der Waals surface area contributed by atoms with Crippen LogP contribution < -0.4 is 4.90 Å². The lowest BCUT2D eigenvalue weighted by atomic mass is 10.0. The maximum Gasteiger partial charge on any atom is 0.222 e. The number of aromatic nitrogens is 1. The second-order valence-electron chi connectivity index (χ2n) is 5.94. The third-order valence-corrected chi connectivity index (χ3v) is 4.40. The molecule has 3 heterocycles. The van der Waals surface area contributed by atoms with Gasteiger partial charge < -0.3 is 9.80 Å². The standard InChI is InChI=1S/C17H21N5O/c1-2-3-8-17(19-20-17)9-7-16(23)22-13-11-21(12-14-22)15-6-4-5-10-18-15/h1,4-6,10H,3,7-9,11-14H2. The van der Waals surface area contributed by atoms with E-state index in [1.165, 1.54) is 0 Å². The topological polar surface area (TPSA) is 61.2 Å². The molecule has 6 heteroatoms. The Morgan fingerprint density at radius 3 is 2.61 bits per heavy atom. The Morgan fingerprint density at radius 1 is 1.22 bits per heavy atom. The first kappa shape index (κ1) is 15.5. The summed E-state index contributed by atoms with van der Waals surface area (Å²) < 4.78 is 0. The second-order valence-corrected chi connectivity index (χ2v) is 5.94. The van der Waals surface area contributed by atoms with Crippen molar-refractivity contribution in [3.05, 3.63) is 24.4 Å². The molecule has 0 spiro atoms. The Balaban J connectivity index is 1.43. The number of hydrogen-bond donors (Lipinski definition) is 0. The summed E-state index contributed by atoms with van der Waals surface area (Å²) in [5.41, 5.74) is -0.363. The van der Waals surface area contributed by atoms with E-state index in [1.807, 2.05) is 23.1 Å². The van der Waals surface area contributed by atoms with Crippen molar-refractivity contribution >= 4 is 11.7 Å². The number of rotatable bonds is 6. The number of terminal acetylenes is 1. The third kappa shape index (κ3) is 3.86. The van der Waals surface area contributed by atoms with Gasteiger partial charge in [0.1, 0.15) is 5.82 Å². The number of carbonyl (C=O) groups excluding carboxylic acids is 1. The first-order valence-corrected chi connectivity index (χ1v) is 8.04. The highest BCUT2D eigenvalue weighted by atomic mass is 16.2. The molecule has 1 saturated heterocycles. The lowest BCUT2D eigenvalue weighted by Crippen LogP contribution is -2.49. The Morgan fingerprint density at radius 2 is 2.00 bits per heavy atom. The van der Waals surface area contributed by atoms with Crippen LogP contribution in [0.4, 0.5) is 5.82 Å². The summed E-state index contributed by atoms with van der Waals surface area (Å²) >= 11 is 0. The van der Waals surface area contributed by atoms with Crippen LogP contribution in [0, 0.1) is 12.3 Å². The molecule has 0 bridgehead atoms. The molecule has 0 aliphatic carbocycles. The number of amides is 1. The lowest BCUT2D eigenvalue weighted by molar-refractivity contribution is -0.131. The normalized spacial score (nSPS) is 18.6. The van der Waals surface area contributed by atoms with Crippen LogP contribution in [0.2, 0.25) is 0 Å². The lowest BCUT2D eigenvalue weighted by Gasteiger charge is -2.35. The van der Waals surface area contributed by atoms with E-state index in [1.54, 1.807) is 6.20 Å². The number of carbonyl (C=O) groups is 1. The van der Waals surface area contributed by atoms with Crippen LogP contribution in [0.1, 0.15) is 25.7 Å². The molecule has 0 N–H and O–H groups in total. The molecular formula is C17H21N5O. The van der Waals surface area contributed by atoms with Gasteiger partial charge in [0.2, 0.25) is 5.91 Å². The molecule has 0 radical (unpaired) electrons. The fourth-order valence-corrected chi connectivity index (χ4v) is 2.86. The van der Waals surface area contributed by atoms with Gasteiger partial charge in [0.25, 0.3) is 0 Å². The van der Waals surface area contributed by atoms with E-state index >= 15 is 0 Å². The van der Waals surface area contributed by atoms with Gasteiger partial charge in [-0.2, -0.15) is 10.2 Å². The SMILES string of the molecule is C#CCCC1(CCC(=O)N2CCN(c3ccccn3)CC2)N=N1. The Kier molecular flexibility index (Phi) is 4.56. The van der Waals surface area contributed by atoms with Crippen LogP contribution >= 0.6 is 0 Å². The Hall–Kier alpha value is -2.42. The van der Waals surface area contributed by atoms with Gasteiger partial charge in [-0.1, -0.05) is 6.07 Å². The zero-order valence-electron chi connectivity index (χ0n) is 13.2. The summed E-state index contributed by atoms with van der Waals surface area (Å²) in [6.45, 7) is 3.11. The van der Waals surface area contributed by atoms with Crippen LogP contribution in [0.15, 0.2) is 34.6 Å². The number of piperazine rings is 1. The molecule has 120 valence electrons. The van der Waals surface area contributed by atoms with Gasteiger partial charge in [-0.3, -0.25) is 4.79 Å². The summed E-state index contributed by atoms with van der Waals surface area (Å²) in [4.78, 5) is 20.9. The molecule has 1 aromatic heterocycles. The maximum absolute atomic E-state index is 12.4. The van der Waals surface area contributed by atoms with Crippen molar-refractivity contribution < 1.29 is 4.79 Å². The van der Waals surface area contributed by atoms with E-state index in [9.17, 15) is 4.79 Å². The molecular weight excluding hydrogens is 290 g/mol. The van der Waals surface area contributed by atoms with Crippen LogP contribution in [0.3, 0.4) is 0 Å². The molecule has 1 amide bonds. The summed E-state index contributed by atoms with van der Waals surface area (Å²) in [6, 6.07) is 5.90. The molecule has 6 nitrogen and oxygen atoms in total. The number of pyridine rings is 1. The van der Waals surface area contributed by atoms with Crippen molar-refractivity contribution in [2.24, 2.45) is 10.2 Å². The number of anilines is 1. The van der Waals surface area contributed by atoms with Crippen LogP contribution in [0.25, 0.3) is 0 Å². The van der Waals surface area contributed by atoms with Crippen molar-refractivity contribution in [2.45, 2.75) is 31.3 Å². The van der Waals surface area contributed by atoms with E-state index < -0.39 is 0 Å². The maximum atomic E-state index is 12.4. The molecule has 3 rings (SSSR count). The molecule has 0 aromatic carbocycles. The van der Waals surface area contributed by atoms with Gasteiger partial charge in [0.15, 0.2) is 5.66 Å². The van der Waals surface area contributed by atoms with Gasteiger partial charge in [0, 0.05) is 58.1 Å². The second kappa shape index (κ2) is 6.78. The van der Waals surface area contributed by atoms with Crippen molar-refractivity contribution in [1.82, 2.24) is 9.88 Å². The fraction of sp³-hybridized carbons (Fsp3) is 0.529. The summed E-state index contributed by atoms with van der Waals surface area (Å²) in [5.74, 6) is 3.77. The summed E-state index contributed by atoms with van der Waals surface area (Å²) in [5, 5.41) is 8.16. The molecule has 0 atom stereocenters. The minimum Gasteiger partial charge on any atom is -0.353 e. The monoisotopic (exact) mass is 311 g/mol. The average molecular weight is 311 g/mol. The van der Waals surface area contributed by atoms with Crippen LogP contribution in [0.5, 0.6) is 0 Å². The highest BCUT2D eigenvalue weighted by Crippen LogP contribution is 2.37. The van der Waals surface area contributed by atoms with Gasteiger partial charge in [-0.25, -0.2) is 4.98 Å². The van der Waals surface area contributed by atoms with E-state index in [0.717, 1.165) is 38.4 Å². The van der Waals surface area contributed by atoms with E-state index in [0.29, 0.717) is 19.3 Å². The zero-order chi connectivity index (χ0) is 16.1. The van der Waals surface area contributed by atoms with Gasteiger partial charge >= 0.3 is 0 Å². The van der Waals surface area contributed by atoms with Gasteiger partial charge in [0.05, 0.1) is 0 Å². The molecule has 1 aromatic rings. The van der Waals surface area contributed by atoms with E-state index in [-0.39, 0.29) is 11.6 Å². The van der Waals surface area contributed by atoms with Crippen LogP contribution in [-0.4, -0.2) is 47.6 Å². The van der Waals surface area contributed by atoms with E-state index in [4.69, 9.17) is 6.42 Å². The fourth-order valence-electron chi connectivity index (χ4n) is 2.86. The largest absolute Gasteiger partial charge is 0.353 e. The molecule has 0 unspecified atom stereocenters. The zero-order valence-corrected chi connectivity index (χ0v) is 13.2. The third-order valence-electron chi connectivity index (χ3n) is 4.40. The minimum atomic E-state index is -0.363. The highest BCUT2D eigenvalue weighted by molar-refractivity contribution is 5.76. The predicted octanol–water partition coefficient (Wildman–Crippen LogP) is 2.09. The summed E-state index contributed by atoms with van der Waals surface area (Å²) in [6.07, 6.45) is 9.65. The molecule has 1 fully saturated rings. The molecule has 0 saturated carbocycles. The minimum absolute atomic E-state index is 0.183. The predicted molar refractivity (Wildman–Crippen MR) is 87.9 cm³/mol. The number of nitrogens with zero attached hydrogens (tertiary/aromatic N) is 5. The van der Waals surface area contributed by atoms with Crippen molar-refractivity contribution in [2.75, 3.05) is 31.1 Å². The molecule has 23 heavy (non-hydrogen) atoms.